The fraction of sp³-hybridized carbons (Fsp3) is 0.625. The number of hydrogen-bond donors (Lipinski definition) is 1. The van der Waals surface area contributed by atoms with Crippen LogP contribution in [-0.2, 0) is 4.74 Å². The second-order valence-corrected chi connectivity index (χ2v) is 6.79. The van der Waals surface area contributed by atoms with E-state index in [1.807, 2.05) is 0 Å². The molecular weight excluding hydrogens is 425 g/mol. The van der Waals surface area contributed by atoms with Gasteiger partial charge in [-0.3, -0.25) is 4.90 Å². The van der Waals surface area contributed by atoms with Gasteiger partial charge >= 0.3 is 0 Å². The zero-order valence-corrected chi connectivity index (χ0v) is 16.5. The van der Waals surface area contributed by atoms with Crippen LogP contribution in [0.1, 0.15) is 24.4 Å². The first-order chi connectivity index (χ1) is 10.7. The van der Waals surface area contributed by atoms with Crippen molar-refractivity contribution in [1.82, 2.24) is 10.2 Å². The lowest BCUT2D eigenvalue weighted by Crippen LogP contribution is -2.48. The standard InChI is InChI=1S/C16H21BrF2N2O.2ClH/c17-12-1-2-13(18)14(15(12)19)16(11-3-9-22-10-4-11)21-7-5-20-6-8-21;;/h1-2,11,16,20H,3-10H2;2*1H/t16-;;/m0../s1. The average molecular weight is 448 g/mol. The molecule has 2 fully saturated rings. The maximum Gasteiger partial charge on any atom is 0.145 e. The molecule has 2 aliphatic heterocycles. The molecule has 24 heavy (non-hydrogen) atoms. The maximum atomic E-state index is 14.7. The Balaban J connectivity index is 0.00000144. The summed E-state index contributed by atoms with van der Waals surface area (Å²) in [6.07, 6.45) is 1.69. The van der Waals surface area contributed by atoms with E-state index in [9.17, 15) is 8.78 Å². The van der Waals surface area contributed by atoms with Crippen LogP contribution in [0.4, 0.5) is 8.78 Å². The van der Waals surface area contributed by atoms with Crippen molar-refractivity contribution in [2.75, 3.05) is 39.4 Å². The Morgan fingerprint density at radius 3 is 2.38 bits per heavy atom. The molecule has 1 aromatic carbocycles. The van der Waals surface area contributed by atoms with Gasteiger partial charge in [-0.25, -0.2) is 8.78 Å². The molecule has 0 aromatic heterocycles. The van der Waals surface area contributed by atoms with Gasteiger partial charge in [-0.15, -0.1) is 24.8 Å². The predicted octanol–water partition coefficient (Wildman–Crippen LogP) is 3.94. The summed E-state index contributed by atoms with van der Waals surface area (Å²) in [5, 5.41) is 3.30. The molecule has 1 aromatic rings. The zero-order chi connectivity index (χ0) is 15.5. The minimum atomic E-state index is -0.463. The van der Waals surface area contributed by atoms with Crippen molar-refractivity contribution in [3.8, 4) is 0 Å². The summed E-state index contributed by atoms with van der Waals surface area (Å²) in [5.41, 5.74) is 0.211. The minimum absolute atomic E-state index is 0. The minimum Gasteiger partial charge on any atom is -0.381 e. The summed E-state index contributed by atoms with van der Waals surface area (Å²) in [7, 11) is 0. The molecule has 0 aliphatic carbocycles. The molecule has 3 rings (SSSR count). The molecule has 1 atom stereocenters. The van der Waals surface area contributed by atoms with Gasteiger partial charge in [-0.05, 0) is 46.8 Å². The number of piperazine rings is 1. The van der Waals surface area contributed by atoms with Crippen LogP contribution in [0.3, 0.4) is 0 Å². The first kappa shape index (κ1) is 22.1. The van der Waals surface area contributed by atoms with Gasteiger partial charge in [0.15, 0.2) is 0 Å². The lowest BCUT2D eigenvalue weighted by molar-refractivity contribution is 0.0191. The number of nitrogens with one attached hydrogen (secondary N) is 1. The zero-order valence-electron chi connectivity index (χ0n) is 13.3. The lowest BCUT2D eigenvalue weighted by Gasteiger charge is -2.41. The van der Waals surface area contributed by atoms with E-state index in [2.05, 4.69) is 26.1 Å². The van der Waals surface area contributed by atoms with E-state index in [0.717, 1.165) is 39.0 Å². The van der Waals surface area contributed by atoms with Crippen molar-refractivity contribution in [3.05, 3.63) is 33.8 Å². The van der Waals surface area contributed by atoms with Gasteiger partial charge in [0.25, 0.3) is 0 Å². The van der Waals surface area contributed by atoms with E-state index < -0.39 is 11.6 Å². The van der Waals surface area contributed by atoms with E-state index in [1.165, 1.54) is 12.1 Å². The molecule has 3 nitrogen and oxygen atoms in total. The highest BCUT2D eigenvalue weighted by Gasteiger charge is 2.35. The molecule has 0 bridgehead atoms. The van der Waals surface area contributed by atoms with Gasteiger partial charge in [-0.1, -0.05) is 0 Å². The second kappa shape index (κ2) is 10.2. The summed E-state index contributed by atoms with van der Waals surface area (Å²) in [6.45, 7) is 4.68. The molecule has 0 radical (unpaired) electrons. The van der Waals surface area contributed by atoms with Crippen molar-refractivity contribution >= 4 is 40.7 Å². The Bertz CT molecular complexity index is 509. The number of hydrogen-bond acceptors (Lipinski definition) is 3. The number of halogens is 5. The molecule has 0 amide bonds. The lowest BCUT2D eigenvalue weighted by atomic mass is 9.85. The fourth-order valence-electron chi connectivity index (χ4n) is 3.52. The molecule has 2 heterocycles. The van der Waals surface area contributed by atoms with E-state index in [0.29, 0.717) is 17.7 Å². The van der Waals surface area contributed by atoms with Gasteiger partial charge in [0.2, 0.25) is 0 Å². The van der Waals surface area contributed by atoms with E-state index in [4.69, 9.17) is 4.74 Å². The van der Waals surface area contributed by atoms with Crippen molar-refractivity contribution in [2.45, 2.75) is 18.9 Å². The number of benzene rings is 1. The van der Waals surface area contributed by atoms with E-state index in [1.54, 1.807) is 0 Å². The third-order valence-corrected chi connectivity index (χ3v) is 5.25. The van der Waals surface area contributed by atoms with Crippen LogP contribution in [0, 0.1) is 17.6 Å². The normalized spacial score (nSPS) is 20.8. The van der Waals surface area contributed by atoms with Crippen molar-refractivity contribution in [3.63, 3.8) is 0 Å². The van der Waals surface area contributed by atoms with Crippen LogP contribution >= 0.6 is 40.7 Å². The maximum absolute atomic E-state index is 14.7. The van der Waals surface area contributed by atoms with Crippen LogP contribution in [0.2, 0.25) is 0 Å². The van der Waals surface area contributed by atoms with Gasteiger partial charge in [-0.2, -0.15) is 0 Å². The third-order valence-electron chi connectivity index (χ3n) is 4.63. The van der Waals surface area contributed by atoms with Crippen LogP contribution in [0.15, 0.2) is 16.6 Å². The second-order valence-electron chi connectivity index (χ2n) is 5.94. The highest BCUT2D eigenvalue weighted by molar-refractivity contribution is 9.10. The topological polar surface area (TPSA) is 24.5 Å². The predicted molar refractivity (Wildman–Crippen MR) is 99.3 cm³/mol. The van der Waals surface area contributed by atoms with Gasteiger partial charge in [0.1, 0.15) is 11.6 Å². The highest BCUT2D eigenvalue weighted by Crippen LogP contribution is 2.39. The first-order valence-corrected chi connectivity index (χ1v) is 8.63. The first-order valence-electron chi connectivity index (χ1n) is 7.84. The van der Waals surface area contributed by atoms with Crippen molar-refractivity contribution < 1.29 is 13.5 Å². The molecule has 1 N–H and O–H groups in total. The Morgan fingerprint density at radius 1 is 1.12 bits per heavy atom. The quantitative estimate of drug-likeness (QED) is 0.710. The van der Waals surface area contributed by atoms with Crippen molar-refractivity contribution in [1.29, 1.82) is 0 Å². The molecule has 0 saturated carbocycles. The van der Waals surface area contributed by atoms with Gasteiger partial charge < -0.3 is 10.1 Å². The average Bonchev–Trinajstić information content (AvgIpc) is 2.57. The third kappa shape index (κ3) is 4.80. The Labute approximate surface area is 162 Å². The molecule has 0 spiro atoms. The van der Waals surface area contributed by atoms with Crippen LogP contribution in [0.5, 0.6) is 0 Å². The molecular formula is C16H23BrCl2F2N2O. The monoisotopic (exact) mass is 446 g/mol. The molecule has 8 heteroatoms. The van der Waals surface area contributed by atoms with E-state index in [-0.39, 0.29) is 42.3 Å². The Morgan fingerprint density at radius 2 is 1.75 bits per heavy atom. The summed E-state index contributed by atoms with van der Waals surface area (Å²) in [6, 6.07) is 2.58. The van der Waals surface area contributed by atoms with E-state index >= 15 is 0 Å². The summed E-state index contributed by atoms with van der Waals surface area (Å²) in [4.78, 5) is 2.22. The van der Waals surface area contributed by atoms with Crippen molar-refractivity contribution in [2.24, 2.45) is 5.92 Å². The van der Waals surface area contributed by atoms with Crippen LogP contribution < -0.4 is 5.32 Å². The molecule has 0 unspecified atom stereocenters. The summed E-state index contributed by atoms with van der Waals surface area (Å²) >= 11 is 3.20. The summed E-state index contributed by atoms with van der Waals surface area (Å²) in [5.74, 6) is -0.684. The highest BCUT2D eigenvalue weighted by atomic mass is 79.9. The number of rotatable bonds is 3. The van der Waals surface area contributed by atoms with Crippen LogP contribution in [0.25, 0.3) is 0 Å². The molecule has 138 valence electrons. The number of ether oxygens (including phenoxy) is 1. The fourth-order valence-corrected chi connectivity index (χ4v) is 3.87. The SMILES string of the molecule is Cl.Cl.Fc1ccc(Br)c(F)c1[C@H](C1CCOCC1)N1CCNCC1. The van der Waals surface area contributed by atoms with Gasteiger partial charge in [0.05, 0.1) is 4.47 Å². The number of nitrogens with zero attached hydrogens (tertiary/aromatic N) is 1. The largest absolute Gasteiger partial charge is 0.381 e. The molecule has 2 aliphatic rings. The smallest absolute Gasteiger partial charge is 0.145 e. The van der Waals surface area contributed by atoms with Gasteiger partial charge in [0, 0.05) is 51.0 Å². The molecule has 2 saturated heterocycles. The Hall–Kier alpha value is 0.0200. The summed E-state index contributed by atoms with van der Waals surface area (Å²) < 4.78 is 34.9. The Kier molecular flexibility index (Phi) is 9.41. The van der Waals surface area contributed by atoms with Crippen LogP contribution in [-0.4, -0.2) is 44.3 Å².